The van der Waals surface area contributed by atoms with E-state index in [1.54, 1.807) is 0 Å². The average Bonchev–Trinajstić information content (AvgIpc) is 3.09. The zero-order chi connectivity index (χ0) is 18.6. The molecule has 0 saturated heterocycles. The summed E-state index contributed by atoms with van der Waals surface area (Å²) >= 11 is 0. The monoisotopic (exact) mass is 354 g/mol. The highest BCUT2D eigenvalue weighted by Gasteiger charge is 2.15. The number of nitrogens with zero attached hydrogens (tertiary/aromatic N) is 2. The molecule has 2 aromatic rings. The lowest BCUT2D eigenvalue weighted by Crippen LogP contribution is -2.32. The number of amides is 1. The summed E-state index contributed by atoms with van der Waals surface area (Å²) in [4.78, 5) is 14.8. The maximum atomic E-state index is 12.7. The van der Waals surface area contributed by atoms with Crippen molar-refractivity contribution < 1.29 is 4.79 Å². The predicted molar refractivity (Wildman–Crippen MR) is 109 cm³/mol. The number of hydrogen-bond acceptors (Lipinski definition) is 1. The van der Waals surface area contributed by atoms with Gasteiger partial charge in [0.1, 0.15) is 0 Å². The van der Waals surface area contributed by atoms with Crippen LogP contribution in [0.2, 0.25) is 0 Å². The minimum atomic E-state index is 0.307. The maximum absolute atomic E-state index is 12.7. The Bertz CT molecular complexity index is 633. The molecule has 3 nitrogen and oxygen atoms in total. The van der Waals surface area contributed by atoms with E-state index in [1.165, 1.54) is 24.1 Å². The molecule has 0 fully saturated rings. The van der Waals surface area contributed by atoms with Gasteiger partial charge in [-0.2, -0.15) is 0 Å². The first-order valence-corrected chi connectivity index (χ1v) is 10.2. The number of benzene rings is 1. The fourth-order valence-electron chi connectivity index (χ4n) is 3.22. The molecule has 0 saturated carbocycles. The maximum Gasteiger partial charge on any atom is 0.222 e. The first kappa shape index (κ1) is 20.3. The van der Waals surface area contributed by atoms with Crippen molar-refractivity contribution in [3.8, 4) is 0 Å². The third-order valence-corrected chi connectivity index (χ3v) is 4.85. The predicted octanol–water partition coefficient (Wildman–Crippen LogP) is 5.64. The molecule has 0 N–H and O–H groups in total. The lowest BCUT2D eigenvalue weighted by Gasteiger charge is -2.24. The van der Waals surface area contributed by atoms with Gasteiger partial charge in [-0.1, -0.05) is 69.9 Å². The molecule has 0 unspecified atom stereocenters. The van der Waals surface area contributed by atoms with Crippen LogP contribution < -0.4 is 0 Å². The molecule has 0 radical (unpaired) electrons. The lowest BCUT2D eigenvalue weighted by molar-refractivity contribution is -0.132. The molecule has 26 heavy (non-hydrogen) atoms. The highest BCUT2D eigenvalue weighted by Crippen LogP contribution is 2.13. The molecule has 142 valence electrons. The number of unbranched alkanes of at least 4 members (excludes halogenated alkanes) is 4. The average molecular weight is 355 g/mol. The van der Waals surface area contributed by atoms with E-state index in [9.17, 15) is 4.79 Å². The van der Waals surface area contributed by atoms with E-state index in [-0.39, 0.29) is 0 Å². The molecule has 0 aliphatic rings. The Morgan fingerprint density at radius 2 is 1.69 bits per heavy atom. The summed E-state index contributed by atoms with van der Waals surface area (Å²) in [6.07, 6.45) is 9.59. The number of carbonyl (C=O) groups is 1. The molecule has 1 amide bonds. The number of carbonyl (C=O) groups excluding carboxylic acids is 1. The van der Waals surface area contributed by atoms with Crippen LogP contribution in [0.25, 0.3) is 0 Å². The van der Waals surface area contributed by atoms with Crippen LogP contribution in [0.15, 0.2) is 48.7 Å². The van der Waals surface area contributed by atoms with Crippen molar-refractivity contribution in [1.82, 2.24) is 9.47 Å². The van der Waals surface area contributed by atoms with Crippen LogP contribution in [0.3, 0.4) is 0 Å². The van der Waals surface area contributed by atoms with Gasteiger partial charge in [-0.25, -0.2) is 0 Å². The molecule has 0 spiro atoms. The largest absolute Gasteiger partial charge is 0.345 e. The van der Waals surface area contributed by atoms with Crippen LogP contribution in [0.1, 0.15) is 70.1 Å². The summed E-state index contributed by atoms with van der Waals surface area (Å²) in [5.74, 6) is 0.307. The van der Waals surface area contributed by atoms with Crippen molar-refractivity contribution >= 4 is 5.91 Å². The van der Waals surface area contributed by atoms with Crippen LogP contribution in [-0.2, 0) is 17.9 Å². The van der Waals surface area contributed by atoms with Crippen molar-refractivity contribution in [1.29, 1.82) is 0 Å². The molecule has 1 aromatic carbocycles. The van der Waals surface area contributed by atoms with Crippen LogP contribution >= 0.6 is 0 Å². The van der Waals surface area contributed by atoms with Gasteiger partial charge in [-0.15, -0.1) is 0 Å². The Balaban J connectivity index is 1.99. The van der Waals surface area contributed by atoms with Gasteiger partial charge in [0.05, 0.1) is 6.54 Å². The summed E-state index contributed by atoms with van der Waals surface area (Å²) in [6, 6.07) is 14.7. The Hall–Kier alpha value is -2.03. The zero-order valence-corrected chi connectivity index (χ0v) is 16.5. The van der Waals surface area contributed by atoms with Gasteiger partial charge < -0.3 is 9.47 Å². The normalized spacial score (nSPS) is 10.8. The topological polar surface area (TPSA) is 25.2 Å². The zero-order valence-electron chi connectivity index (χ0n) is 16.5. The van der Waals surface area contributed by atoms with E-state index < -0.39 is 0 Å². The minimum Gasteiger partial charge on any atom is -0.345 e. The quantitative estimate of drug-likeness (QED) is 0.453. The second-order valence-corrected chi connectivity index (χ2v) is 7.09. The second kappa shape index (κ2) is 11.6. The van der Waals surface area contributed by atoms with E-state index in [4.69, 9.17) is 0 Å². The highest BCUT2D eigenvalue weighted by atomic mass is 16.2. The number of hydrogen-bond donors (Lipinski definition) is 0. The highest BCUT2D eigenvalue weighted by molar-refractivity contribution is 5.76. The van der Waals surface area contributed by atoms with Gasteiger partial charge in [0.25, 0.3) is 0 Å². The first-order chi connectivity index (χ1) is 12.7. The van der Waals surface area contributed by atoms with Crippen molar-refractivity contribution in [3.05, 3.63) is 59.9 Å². The van der Waals surface area contributed by atoms with Gasteiger partial charge >= 0.3 is 0 Å². The standard InChI is InChI=1S/C23H34N2O/c1-3-5-7-11-16-23(26)25(17-6-4-2)20-22-15-12-18-24(22)19-21-13-9-8-10-14-21/h8-10,12-15,18H,3-7,11,16-17,19-20H2,1-2H3. The van der Waals surface area contributed by atoms with E-state index in [0.717, 1.165) is 38.8 Å². The lowest BCUT2D eigenvalue weighted by atomic mass is 10.1. The Morgan fingerprint density at radius 3 is 2.42 bits per heavy atom. The Morgan fingerprint density at radius 1 is 0.923 bits per heavy atom. The number of aromatic nitrogens is 1. The van der Waals surface area contributed by atoms with E-state index in [2.05, 4.69) is 65.9 Å². The third kappa shape index (κ3) is 6.70. The summed E-state index contributed by atoms with van der Waals surface area (Å²) in [6.45, 7) is 6.82. The molecule has 2 rings (SSSR count). The first-order valence-electron chi connectivity index (χ1n) is 10.2. The van der Waals surface area contributed by atoms with Crippen LogP contribution in [0, 0.1) is 0 Å². The SMILES string of the molecule is CCCCCCC(=O)N(CCCC)Cc1cccn1Cc1ccccc1. The van der Waals surface area contributed by atoms with E-state index in [0.29, 0.717) is 18.9 Å². The molecule has 0 bridgehead atoms. The molecule has 0 aliphatic carbocycles. The molecule has 0 aliphatic heterocycles. The van der Waals surface area contributed by atoms with Crippen LogP contribution in [0.5, 0.6) is 0 Å². The van der Waals surface area contributed by atoms with Gasteiger partial charge in [-0.3, -0.25) is 4.79 Å². The van der Waals surface area contributed by atoms with Crippen molar-refractivity contribution in [2.24, 2.45) is 0 Å². The molecule has 0 atom stereocenters. The summed E-state index contributed by atoms with van der Waals surface area (Å²) in [5, 5.41) is 0. The van der Waals surface area contributed by atoms with E-state index in [1.807, 2.05) is 6.07 Å². The van der Waals surface area contributed by atoms with Crippen molar-refractivity contribution in [3.63, 3.8) is 0 Å². The van der Waals surface area contributed by atoms with E-state index >= 15 is 0 Å². The number of rotatable bonds is 12. The Kier molecular flexibility index (Phi) is 9.02. The van der Waals surface area contributed by atoms with Crippen LogP contribution in [0.4, 0.5) is 0 Å². The smallest absolute Gasteiger partial charge is 0.222 e. The van der Waals surface area contributed by atoms with Gasteiger partial charge in [-0.05, 0) is 30.5 Å². The fourth-order valence-corrected chi connectivity index (χ4v) is 3.22. The van der Waals surface area contributed by atoms with Crippen LogP contribution in [-0.4, -0.2) is 21.9 Å². The van der Waals surface area contributed by atoms with Gasteiger partial charge in [0, 0.05) is 31.4 Å². The fraction of sp³-hybridized carbons (Fsp3) is 0.522. The third-order valence-electron chi connectivity index (χ3n) is 4.85. The van der Waals surface area contributed by atoms with Crippen molar-refractivity contribution in [2.45, 2.75) is 71.9 Å². The molecule has 1 aromatic heterocycles. The molecule has 1 heterocycles. The summed E-state index contributed by atoms with van der Waals surface area (Å²) in [5.41, 5.74) is 2.50. The van der Waals surface area contributed by atoms with Gasteiger partial charge in [0.2, 0.25) is 5.91 Å². The second-order valence-electron chi connectivity index (χ2n) is 7.09. The summed E-state index contributed by atoms with van der Waals surface area (Å²) in [7, 11) is 0. The molecule has 3 heteroatoms. The minimum absolute atomic E-state index is 0.307. The van der Waals surface area contributed by atoms with Gasteiger partial charge in [0.15, 0.2) is 0 Å². The Labute approximate surface area is 159 Å². The molecular weight excluding hydrogens is 320 g/mol. The van der Waals surface area contributed by atoms with Crippen molar-refractivity contribution in [2.75, 3.05) is 6.54 Å². The summed E-state index contributed by atoms with van der Waals surface area (Å²) < 4.78 is 2.26. The molecular formula is C23H34N2O.